The Balaban J connectivity index is 1.96. The van der Waals surface area contributed by atoms with Crippen LogP contribution in [0.2, 0.25) is 0 Å². The molecule has 1 saturated heterocycles. The van der Waals surface area contributed by atoms with Crippen LogP contribution in [-0.4, -0.2) is 80.1 Å². The van der Waals surface area contributed by atoms with Gasteiger partial charge in [0.2, 0.25) is 5.91 Å². The van der Waals surface area contributed by atoms with Crippen LogP contribution < -0.4 is 10.6 Å². The number of imide groups is 1. The predicted octanol–water partition coefficient (Wildman–Crippen LogP) is -0.569. The Labute approximate surface area is 170 Å². The molecule has 1 fully saturated rings. The Hall–Kier alpha value is -1.69. The van der Waals surface area contributed by atoms with Crippen LogP contribution in [0.5, 0.6) is 0 Å². The SMILES string of the molecule is CNCC(C)(S)CC(=O)NCCOCCOCCC(=O)ON1C(=O)CCC1=O. The molecule has 1 heterocycles. The smallest absolute Gasteiger partial charge is 0.335 e. The Kier molecular flexibility index (Phi) is 11.0. The van der Waals surface area contributed by atoms with E-state index < -0.39 is 22.5 Å². The van der Waals surface area contributed by atoms with Crippen molar-refractivity contribution < 1.29 is 33.5 Å². The van der Waals surface area contributed by atoms with Crippen LogP contribution in [-0.2, 0) is 33.5 Å². The Bertz CT molecular complexity index is 541. The molecule has 0 aromatic rings. The zero-order chi connectivity index (χ0) is 21.0. The lowest BCUT2D eigenvalue weighted by molar-refractivity contribution is -0.198. The van der Waals surface area contributed by atoms with Gasteiger partial charge in [-0.15, -0.1) is 5.06 Å². The van der Waals surface area contributed by atoms with Crippen LogP contribution in [0.3, 0.4) is 0 Å². The molecule has 0 aromatic carbocycles. The summed E-state index contributed by atoms with van der Waals surface area (Å²) in [5, 5.41) is 6.25. The molecular formula is C17H29N3O7S. The van der Waals surface area contributed by atoms with E-state index in [0.717, 1.165) is 0 Å². The van der Waals surface area contributed by atoms with E-state index in [1.54, 1.807) is 7.05 Å². The van der Waals surface area contributed by atoms with E-state index in [4.69, 9.17) is 14.3 Å². The molecule has 2 N–H and O–H groups in total. The van der Waals surface area contributed by atoms with Crippen LogP contribution >= 0.6 is 12.6 Å². The molecule has 0 saturated carbocycles. The average molecular weight is 420 g/mol. The van der Waals surface area contributed by atoms with Gasteiger partial charge in [-0.3, -0.25) is 14.4 Å². The summed E-state index contributed by atoms with van der Waals surface area (Å²) in [6.07, 6.45) is 0.335. The van der Waals surface area contributed by atoms with E-state index in [2.05, 4.69) is 23.3 Å². The standard InChI is InChI=1S/C17H29N3O7S/c1-17(28,12-18-2)11-13(21)19-6-8-26-10-9-25-7-5-16(24)27-20-14(22)3-4-15(20)23/h18,28H,3-12H2,1-2H3,(H,19,21). The molecule has 0 aliphatic carbocycles. The van der Waals surface area contributed by atoms with Crippen molar-refractivity contribution in [1.82, 2.24) is 15.7 Å². The van der Waals surface area contributed by atoms with Gasteiger partial charge in [-0.2, -0.15) is 12.6 Å². The van der Waals surface area contributed by atoms with Crippen molar-refractivity contribution in [2.75, 3.05) is 46.6 Å². The number of hydrogen-bond donors (Lipinski definition) is 3. The molecule has 1 aliphatic rings. The van der Waals surface area contributed by atoms with Crippen LogP contribution in [0.4, 0.5) is 0 Å². The predicted molar refractivity (Wildman–Crippen MR) is 102 cm³/mol. The molecule has 0 bridgehead atoms. The maximum Gasteiger partial charge on any atom is 0.335 e. The number of rotatable bonds is 14. The van der Waals surface area contributed by atoms with Gasteiger partial charge < -0.3 is 24.9 Å². The number of nitrogens with one attached hydrogen (secondary N) is 2. The summed E-state index contributed by atoms with van der Waals surface area (Å²) in [5.74, 6) is -1.83. The summed E-state index contributed by atoms with van der Waals surface area (Å²) in [5.41, 5.74) is 0. The van der Waals surface area contributed by atoms with E-state index in [1.807, 2.05) is 6.92 Å². The van der Waals surface area contributed by atoms with Crippen LogP contribution in [0.15, 0.2) is 0 Å². The molecule has 1 rings (SSSR count). The lowest BCUT2D eigenvalue weighted by atomic mass is 10.1. The maximum atomic E-state index is 11.8. The Morgan fingerprint density at radius 3 is 2.32 bits per heavy atom. The molecule has 28 heavy (non-hydrogen) atoms. The molecule has 0 spiro atoms. The van der Waals surface area contributed by atoms with Crippen molar-refractivity contribution in [3.8, 4) is 0 Å². The second-order valence-corrected chi connectivity index (χ2v) is 7.65. The van der Waals surface area contributed by atoms with Crippen LogP contribution in [0.25, 0.3) is 0 Å². The minimum Gasteiger partial charge on any atom is -0.378 e. The minimum atomic E-state index is -0.707. The fraction of sp³-hybridized carbons (Fsp3) is 0.765. The van der Waals surface area contributed by atoms with Crippen molar-refractivity contribution in [3.05, 3.63) is 0 Å². The maximum absolute atomic E-state index is 11.8. The van der Waals surface area contributed by atoms with Crippen molar-refractivity contribution in [1.29, 1.82) is 0 Å². The highest BCUT2D eigenvalue weighted by Crippen LogP contribution is 2.16. The summed E-state index contributed by atoms with van der Waals surface area (Å²) in [4.78, 5) is 50.6. The fourth-order valence-electron chi connectivity index (χ4n) is 2.40. The fourth-order valence-corrected chi connectivity index (χ4v) is 2.70. The first kappa shape index (κ1) is 24.3. The number of amides is 3. The lowest BCUT2D eigenvalue weighted by Gasteiger charge is -2.22. The molecule has 1 unspecified atom stereocenters. The van der Waals surface area contributed by atoms with Gasteiger partial charge >= 0.3 is 5.97 Å². The number of hydrogen-bond acceptors (Lipinski definition) is 9. The molecule has 3 amide bonds. The molecule has 11 heteroatoms. The van der Waals surface area contributed by atoms with E-state index in [-0.39, 0.29) is 38.4 Å². The highest BCUT2D eigenvalue weighted by molar-refractivity contribution is 7.81. The summed E-state index contributed by atoms with van der Waals surface area (Å²) in [7, 11) is 1.81. The van der Waals surface area contributed by atoms with E-state index in [0.29, 0.717) is 37.8 Å². The van der Waals surface area contributed by atoms with Gasteiger partial charge in [-0.05, 0) is 14.0 Å². The molecule has 0 aromatic heterocycles. The van der Waals surface area contributed by atoms with Crippen molar-refractivity contribution in [2.24, 2.45) is 0 Å². The highest BCUT2D eigenvalue weighted by Gasteiger charge is 2.32. The first-order chi connectivity index (χ1) is 13.2. The molecule has 10 nitrogen and oxygen atoms in total. The number of thiol groups is 1. The Morgan fingerprint density at radius 2 is 1.71 bits per heavy atom. The number of ether oxygens (including phenoxy) is 2. The van der Waals surface area contributed by atoms with Gasteiger partial charge in [0.1, 0.15) is 0 Å². The van der Waals surface area contributed by atoms with Gasteiger partial charge in [0.15, 0.2) is 0 Å². The van der Waals surface area contributed by atoms with Crippen LogP contribution in [0, 0.1) is 0 Å². The molecule has 1 aliphatic heterocycles. The number of carbonyl (C=O) groups is 4. The molecular weight excluding hydrogens is 390 g/mol. The molecule has 160 valence electrons. The van der Waals surface area contributed by atoms with Gasteiger partial charge in [-0.1, -0.05) is 0 Å². The third-order valence-electron chi connectivity index (χ3n) is 3.69. The second-order valence-electron chi connectivity index (χ2n) is 6.57. The number of hydroxylamine groups is 2. The summed E-state index contributed by atoms with van der Waals surface area (Å²) in [6, 6.07) is 0. The number of carbonyl (C=O) groups excluding carboxylic acids is 4. The van der Waals surface area contributed by atoms with E-state index in [1.165, 1.54) is 0 Å². The monoisotopic (exact) mass is 419 g/mol. The van der Waals surface area contributed by atoms with Crippen LogP contribution in [0.1, 0.15) is 32.6 Å². The normalized spacial score (nSPS) is 16.2. The van der Waals surface area contributed by atoms with Gasteiger partial charge in [0, 0.05) is 37.1 Å². The third-order valence-corrected chi connectivity index (χ3v) is 4.01. The van der Waals surface area contributed by atoms with Crippen molar-refractivity contribution in [3.63, 3.8) is 0 Å². The van der Waals surface area contributed by atoms with Gasteiger partial charge in [0.05, 0.1) is 32.8 Å². The average Bonchev–Trinajstić information content (AvgIpc) is 2.91. The zero-order valence-corrected chi connectivity index (χ0v) is 17.2. The second kappa shape index (κ2) is 12.7. The summed E-state index contributed by atoms with van der Waals surface area (Å²) in [6.45, 7) is 3.88. The largest absolute Gasteiger partial charge is 0.378 e. The van der Waals surface area contributed by atoms with Crippen molar-refractivity contribution in [2.45, 2.75) is 37.4 Å². The van der Waals surface area contributed by atoms with Crippen molar-refractivity contribution >= 4 is 36.3 Å². The van der Waals surface area contributed by atoms with E-state index in [9.17, 15) is 19.2 Å². The van der Waals surface area contributed by atoms with Gasteiger partial charge in [0.25, 0.3) is 11.8 Å². The summed E-state index contributed by atoms with van der Waals surface area (Å²) >= 11 is 4.43. The summed E-state index contributed by atoms with van der Waals surface area (Å²) < 4.78 is 10.1. The first-order valence-electron chi connectivity index (χ1n) is 9.11. The van der Waals surface area contributed by atoms with E-state index >= 15 is 0 Å². The number of nitrogens with zero attached hydrogens (tertiary/aromatic N) is 1. The quantitative estimate of drug-likeness (QED) is 0.194. The lowest BCUT2D eigenvalue weighted by Crippen LogP contribution is -2.38. The Morgan fingerprint density at radius 1 is 1.11 bits per heavy atom. The van der Waals surface area contributed by atoms with Gasteiger partial charge in [-0.25, -0.2) is 4.79 Å². The molecule has 1 atom stereocenters. The minimum absolute atomic E-state index is 0.0598. The molecule has 0 radical (unpaired) electrons. The topological polar surface area (TPSA) is 123 Å². The third kappa shape index (κ3) is 10.0. The highest BCUT2D eigenvalue weighted by atomic mass is 32.1. The first-order valence-corrected chi connectivity index (χ1v) is 9.55. The zero-order valence-electron chi connectivity index (χ0n) is 16.3.